The van der Waals surface area contributed by atoms with E-state index in [-0.39, 0.29) is 0 Å². The third kappa shape index (κ3) is 4.93. The van der Waals surface area contributed by atoms with Crippen LogP contribution in [0.4, 0.5) is 17.1 Å². The maximum atomic E-state index is 2.41. The number of fused-ring (bicyclic) bond motifs is 6. The van der Waals surface area contributed by atoms with Gasteiger partial charge in [0.25, 0.3) is 0 Å². The minimum absolute atomic E-state index is 1.12. The van der Waals surface area contributed by atoms with Crippen LogP contribution in [0.3, 0.4) is 0 Å². The van der Waals surface area contributed by atoms with Gasteiger partial charge in [-0.2, -0.15) is 0 Å². The molecule has 0 saturated heterocycles. The molecule has 2 heterocycles. The highest BCUT2D eigenvalue weighted by Crippen LogP contribution is 2.46. The number of benzene rings is 8. The van der Waals surface area contributed by atoms with E-state index in [1.807, 2.05) is 11.3 Å². The first-order valence-electron chi connectivity index (χ1n) is 17.4. The van der Waals surface area contributed by atoms with Crippen LogP contribution in [0.2, 0.25) is 0 Å². The summed E-state index contributed by atoms with van der Waals surface area (Å²) in [6.07, 6.45) is 0. The Kier molecular flexibility index (Phi) is 7.04. The number of aromatic nitrogens is 1. The van der Waals surface area contributed by atoms with Crippen LogP contribution in [0, 0.1) is 0 Å². The van der Waals surface area contributed by atoms with Gasteiger partial charge < -0.3 is 9.47 Å². The van der Waals surface area contributed by atoms with Gasteiger partial charge in [-0.05, 0) is 82.9 Å². The quantitative estimate of drug-likeness (QED) is 0.171. The zero-order valence-electron chi connectivity index (χ0n) is 27.8. The number of hydrogen-bond donors (Lipinski definition) is 0. The highest BCUT2D eigenvalue weighted by Gasteiger charge is 2.20. The topological polar surface area (TPSA) is 8.17 Å². The van der Waals surface area contributed by atoms with Crippen LogP contribution in [-0.4, -0.2) is 4.57 Å². The number of thiophene rings is 1. The van der Waals surface area contributed by atoms with E-state index in [0.29, 0.717) is 0 Å². The van der Waals surface area contributed by atoms with Crippen LogP contribution in [-0.2, 0) is 0 Å². The van der Waals surface area contributed by atoms with Crippen LogP contribution >= 0.6 is 11.3 Å². The Hall–Kier alpha value is -6.42. The van der Waals surface area contributed by atoms with Crippen molar-refractivity contribution >= 4 is 70.4 Å². The smallest absolute Gasteiger partial charge is 0.0640 e. The van der Waals surface area contributed by atoms with Crippen molar-refractivity contribution in [2.24, 2.45) is 0 Å². The van der Waals surface area contributed by atoms with Crippen molar-refractivity contribution in [3.8, 4) is 27.9 Å². The average molecular weight is 669 g/mol. The molecule has 0 atom stereocenters. The van der Waals surface area contributed by atoms with Crippen molar-refractivity contribution in [1.82, 2.24) is 4.57 Å². The largest absolute Gasteiger partial charge is 0.309 e. The van der Waals surface area contributed by atoms with Crippen LogP contribution in [0.1, 0.15) is 0 Å². The van der Waals surface area contributed by atoms with Gasteiger partial charge in [0.15, 0.2) is 0 Å². The van der Waals surface area contributed by atoms with E-state index < -0.39 is 0 Å². The molecule has 240 valence electrons. The molecule has 3 heteroatoms. The molecule has 51 heavy (non-hydrogen) atoms. The molecular formula is C48H32N2S. The highest BCUT2D eigenvalue weighted by atomic mass is 32.1. The van der Waals surface area contributed by atoms with Crippen LogP contribution in [0.25, 0.3) is 69.9 Å². The molecule has 0 saturated carbocycles. The number of rotatable bonds is 6. The van der Waals surface area contributed by atoms with E-state index in [1.54, 1.807) is 0 Å². The molecule has 10 aromatic rings. The van der Waals surface area contributed by atoms with Crippen molar-refractivity contribution in [2.45, 2.75) is 0 Å². The summed E-state index contributed by atoms with van der Waals surface area (Å²) in [5.41, 5.74) is 11.9. The van der Waals surface area contributed by atoms with Crippen molar-refractivity contribution in [3.05, 3.63) is 194 Å². The second-order valence-corrected chi connectivity index (χ2v) is 14.0. The highest BCUT2D eigenvalue weighted by molar-refractivity contribution is 7.26. The molecule has 0 aliphatic rings. The van der Waals surface area contributed by atoms with E-state index in [1.165, 1.54) is 75.6 Å². The number of nitrogens with zero attached hydrogens (tertiary/aromatic N) is 2. The normalized spacial score (nSPS) is 11.5. The van der Waals surface area contributed by atoms with Crippen molar-refractivity contribution in [2.75, 3.05) is 4.90 Å². The molecule has 2 nitrogen and oxygen atoms in total. The van der Waals surface area contributed by atoms with Gasteiger partial charge in [-0.3, -0.25) is 0 Å². The minimum Gasteiger partial charge on any atom is -0.309 e. The lowest BCUT2D eigenvalue weighted by molar-refractivity contribution is 1.18. The molecule has 0 aliphatic heterocycles. The van der Waals surface area contributed by atoms with E-state index in [2.05, 4.69) is 204 Å². The summed E-state index contributed by atoms with van der Waals surface area (Å²) in [6.45, 7) is 0. The molecule has 10 rings (SSSR count). The Bertz CT molecular complexity index is 2830. The van der Waals surface area contributed by atoms with Gasteiger partial charge in [0.1, 0.15) is 0 Å². The summed E-state index contributed by atoms with van der Waals surface area (Å²) in [4.78, 5) is 2.41. The summed E-state index contributed by atoms with van der Waals surface area (Å²) >= 11 is 1.86. The van der Waals surface area contributed by atoms with Gasteiger partial charge in [-0.15, -0.1) is 11.3 Å². The predicted molar refractivity (Wildman–Crippen MR) is 219 cm³/mol. The van der Waals surface area contributed by atoms with Gasteiger partial charge in [-0.25, -0.2) is 0 Å². The Morgan fingerprint density at radius 1 is 0.392 bits per heavy atom. The molecule has 0 bridgehead atoms. The van der Waals surface area contributed by atoms with Gasteiger partial charge in [0.05, 0.1) is 21.4 Å². The lowest BCUT2D eigenvalue weighted by Crippen LogP contribution is -2.10. The average Bonchev–Trinajstić information content (AvgIpc) is 3.76. The number of para-hydroxylation sites is 2. The SMILES string of the molecule is c1ccc(-c2ccc(N(c3ccc(-c4cccc5c4c4ccccc4n5-c4ccccc4)cc3)c3cccc4c3sc3ccccc34)cc2)cc1. The molecular weight excluding hydrogens is 637 g/mol. The Labute approximate surface area is 300 Å². The van der Waals surface area contributed by atoms with Gasteiger partial charge in [0.2, 0.25) is 0 Å². The Balaban J connectivity index is 1.13. The second kappa shape index (κ2) is 12.2. The van der Waals surface area contributed by atoms with E-state index in [0.717, 1.165) is 11.4 Å². The minimum atomic E-state index is 1.12. The van der Waals surface area contributed by atoms with E-state index >= 15 is 0 Å². The van der Waals surface area contributed by atoms with E-state index in [4.69, 9.17) is 0 Å². The lowest BCUT2D eigenvalue weighted by Gasteiger charge is -2.26. The first kappa shape index (κ1) is 29.5. The van der Waals surface area contributed by atoms with E-state index in [9.17, 15) is 0 Å². The zero-order valence-corrected chi connectivity index (χ0v) is 28.6. The molecule has 0 N–H and O–H groups in total. The van der Waals surface area contributed by atoms with Crippen LogP contribution in [0.15, 0.2) is 194 Å². The first-order chi connectivity index (χ1) is 25.3. The molecule has 0 radical (unpaired) electrons. The monoisotopic (exact) mass is 668 g/mol. The molecule has 0 fully saturated rings. The molecule has 0 amide bonds. The fraction of sp³-hybridized carbons (Fsp3) is 0. The first-order valence-corrected chi connectivity index (χ1v) is 18.2. The number of hydrogen-bond acceptors (Lipinski definition) is 2. The Morgan fingerprint density at radius 3 is 1.73 bits per heavy atom. The zero-order chi connectivity index (χ0) is 33.7. The third-order valence-corrected chi connectivity index (χ3v) is 11.2. The summed E-state index contributed by atoms with van der Waals surface area (Å²) in [6, 6.07) is 70.3. The standard InChI is InChI=1S/C48H32N2S/c1-3-13-33(14-4-1)34-25-29-37(30-26-34)49(45-23-12-20-41-40-17-8-10-24-46(40)51-48(41)45)38-31-27-35(28-32-38)39-19-11-22-44-47(39)42-18-7-9-21-43(42)50(44)36-15-5-2-6-16-36/h1-32H. The van der Waals surface area contributed by atoms with Crippen molar-refractivity contribution in [3.63, 3.8) is 0 Å². The summed E-state index contributed by atoms with van der Waals surface area (Å²) in [5.74, 6) is 0. The Morgan fingerprint density at radius 2 is 0.961 bits per heavy atom. The maximum absolute atomic E-state index is 2.41. The van der Waals surface area contributed by atoms with Crippen LogP contribution < -0.4 is 4.90 Å². The van der Waals surface area contributed by atoms with Gasteiger partial charge >= 0.3 is 0 Å². The van der Waals surface area contributed by atoms with Gasteiger partial charge in [-0.1, -0.05) is 133 Å². The fourth-order valence-electron chi connectivity index (χ4n) is 7.67. The molecule has 8 aromatic carbocycles. The summed E-state index contributed by atoms with van der Waals surface area (Å²) in [5, 5.41) is 5.12. The van der Waals surface area contributed by atoms with Crippen LogP contribution in [0.5, 0.6) is 0 Å². The maximum Gasteiger partial charge on any atom is 0.0640 e. The van der Waals surface area contributed by atoms with Crippen molar-refractivity contribution in [1.29, 1.82) is 0 Å². The second-order valence-electron chi connectivity index (χ2n) is 12.9. The number of anilines is 3. The van der Waals surface area contributed by atoms with Gasteiger partial charge in [0, 0.05) is 43.3 Å². The molecule has 0 unspecified atom stereocenters. The fourth-order valence-corrected chi connectivity index (χ4v) is 8.88. The predicted octanol–water partition coefficient (Wildman–Crippen LogP) is 14.0. The summed E-state index contributed by atoms with van der Waals surface area (Å²) < 4.78 is 4.97. The third-order valence-electron chi connectivity index (χ3n) is 10.0. The molecule has 2 aromatic heterocycles. The molecule has 0 aliphatic carbocycles. The molecule has 0 spiro atoms. The summed E-state index contributed by atoms with van der Waals surface area (Å²) in [7, 11) is 0. The van der Waals surface area contributed by atoms with Crippen molar-refractivity contribution < 1.29 is 0 Å². The lowest BCUT2D eigenvalue weighted by atomic mass is 9.99.